The molecule has 0 fully saturated rings. The third kappa shape index (κ3) is 4.85. The molecule has 4 nitrogen and oxygen atoms in total. The van der Waals surface area contributed by atoms with E-state index in [0.29, 0.717) is 11.4 Å². The van der Waals surface area contributed by atoms with E-state index in [1.54, 1.807) is 23.9 Å². The Morgan fingerprint density at radius 1 is 1.08 bits per heavy atom. The Morgan fingerprint density at radius 2 is 1.80 bits per heavy atom. The van der Waals surface area contributed by atoms with E-state index in [2.05, 4.69) is 33.9 Å². The molecule has 0 unspecified atom stereocenters. The van der Waals surface area contributed by atoms with Gasteiger partial charge in [0.15, 0.2) is 0 Å². The second-order valence-corrected chi connectivity index (χ2v) is 8.87. The number of rotatable bonds is 7. The highest BCUT2D eigenvalue weighted by atomic mass is 32.2. The van der Waals surface area contributed by atoms with Crippen molar-refractivity contribution >= 4 is 21.8 Å². The van der Waals surface area contributed by atoms with Crippen molar-refractivity contribution in [1.82, 2.24) is 9.62 Å². The van der Waals surface area contributed by atoms with Gasteiger partial charge in [-0.15, -0.1) is 11.8 Å². The molecule has 0 radical (unpaired) electrons. The number of thioether (sulfide) groups is 1. The van der Waals surface area contributed by atoms with Gasteiger partial charge in [0.2, 0.25) is 10.0 Å². The van der Waals surface area contributed by atoms with E-state index >= 15 is 0 Å². The molecule has 0 saturated heterocycles. The predicted octanol–water partition coefficient (Wildman–Crippen LogP) is 3.14. The maximum atomic E-state index is 12.3. The Balaban J connectivity index is 1.46. The number of hydrogen-bond acceptors (Lipinski definition) is 4. The summed E-state index contributed by atoms with van der Waals surface area (Å²) in [7, 11) is -3.41. The summed E-state index contributed by atoms with van der Waals surface area (Å²) in [5.74, 6) is 0. The first-order chi connectivity index (χ1) is 12.1. The molecule has 134 valence electrons. The van der Waals surface area contributed by atoms with Gasteiger partial charge in [0.1, 0.15) is 0 Å². The number of nitrogens with zero attached hydrogens (tertiary/aromatic N) is 1. The topological polar surface area (TPSA) is 49.4 Å². The van der Waals surface area contributed by atoms with Crippen molar-refractivity contribution in [3.8, 4) is 0 Å². The van der Waals surface area contributed by atoms with E-state index in [1.807, 2.05) is 18.4 Å². The first-order valence-corrected chi connectivity index (χ1v) is 11.2. The summed E-state index contributed by atoms with van der Waals surface area (Å²) < 4.78 is 27.3. The predicted molar refractivity (Wildman–Crippen MR) is 103 cm³/mol. The first kappa shape index (κ1) is 18.5. The molecule has 0 amide bonds. The highest BCUT2D eigenvalue weighted by Gasteiger charge is 2.16. The van der Waals surface area contributed by atoms with E-state index in [0.717, 1.165) is 37.4 Å². The van der Waals surface area contributed by atoms with Gasteiger partial charge in [-0.2, -0.15) is 0 Å². The van der Waals surface area contributed by atoms with Gasteiger partial charge in [0.05, 0.1) is 4.90 Å². The van der Waals surface area contributed by atoms with Crippen molar-refractivity contribution in [3.63, 3.8) is 0 Å². The van der Waals surface area contributed by atoms with E-state index < -0.39 is 10.0 Å². The molecule has 0 spiro atoms. The molecular weight excluding hydrogens is 352 g/mol. The molecule has 0 aromatic heterocycles. The molecule has 25 heavy (non-hydrogen) atoms. The van der Waals surface area contributed by atoms with Gasteiger partial charge in [-0.05, 0) is 61.0 Å². The van der Waals surface area contributed by atoms with Gasteiger partial charge in [0.25, 0.3) is 0 Å². The van der Waals surface area contributed by atoms with E-state index in [1.165, 1.54) is 11.1 Å². The molecule has 1 aliphatic heterocycles. The Hall–Kier alpha value is -1.34. The third-order valence-electron chi connectivity index (χ3n) is 4.52. The molecule has 1 heterocycles. The zero-order valence-corrected chi connectivity index (χ0v) is 16.1. The molecule has 1 aliphatic rings. The Kier molecular flexibility index (Phi) is 6.17. The second kappa shape index (κ2) is 8.36. The van der Waals surface area contributed by atoms with E-state index in [-0.39, 0.29) is 0 Å². The highest BCUT2D eigenvalue weighted by Crippen LogP contribution is 2.19. The summed E-state index contributed by atoms with van der Waals surface area (Å²) in [4.78, 5) is 3.78. The standard InChI is InChI=1S/C19H24N2O2S2/c1-24-18-7-9-19(10-8-18)25(22,23)20-12-4-13-21-14-11-16-5-2-3-6-17(16)15-21/h2-3,5-10,20H,4,11-15H2,1H3. The smallest absolute Gasteiger partial charge is 0.240 e. The number of fused-ring (bicyclic) bond motifs is 1. The van der Waals surface area contributed by atoms with Crippen molar-refractivity contribution in [2.45, 2.75) is 29.2 Å². The van der Waals surface area contributed by atoms with E-state index in [9.17, 15) is 8.42 Å². The van der Waals surface area contributed by atoms with Crippen LogP contribution in [0.3, 0.4) is 0 Å². The second-order valence-electron chi connectivity index (χ2n) is 6.22. The van der Waals surface area contributed by atoms with Crippen LogP contribution >= 0.6 is 11.8 Å². The van der Waals surface area contributed by atoms with Crippen LogP contribution < -0.4 is 4.72 Å². The molecule has 0 bridgehead atoms. The number of nitrogens with one attached hydrogen (secondary N) is 1. The molecule has 0 aliphatic carbocycles. The summed E-state index contributed by atoms with van der Waals surface area (Å²) in [6, 6.07) is 15.6. The lowest BCUT2D eigenvalue weighted by atomic mass is 10.00. The quantitative estimate of drug-likeness (QED) is 0.596. The van der Waals surface area contributed by atoms with Crippen LogP contribution in [-0.4, -0.2) is 39.2 Å². The molecule has 6 heteroatoms. The summed E-state index contributed by atoms with van der Waals surface area (Å²) in [5.41, 5.74) is 2.83. The largest absolute Gasteiger partial charge is 0.299 e. The fourth-order valence-corrected chi connectivity index (χ4v) is 4.57. The number of benzene rings is 2. The maximum absolute atomic E-state index is 12.3. The van der Waals surface area contributed by atoms with Crippen molar-refractivity contribution in [2.24, 2.45) is 0 Å². The van der Waals surface area contributed by atoms with Crippen molar-refractivity contribution < 1.29 is 8.42 Å². The average Bonchev–Trinajstić information content (AvgIpc) is 2.65. The molecule has 2 aromatic carbocycles. The minimum atomic E-state index is -3.41. The maximum Gasteiger partial charge on any atom is 0.240 e. The third-order valence-corrected chi connectivity index (χ3v) is 6.74. The van der Waals surface area contributed by atoms with Gasteiger partial charge in [-0.25, -0.2) is 13.1 Å². The molecule has 3 rings (SSSR count). The lowest BCUT2D eigenvalue weighted by molar-refractivity contribution is 0.251. The minimum Gasteiger partial charge on any atom is -0.299 e. The minimum absolute atomic E-state index is 0.331. The van der Waals surface area contributed by atoms with Gasteiger partial charge in [0, 0.05) is 24.5 Å². The SMILES string of the molecule is CSc1ccc(S(=O)(=O)NCCCN2CCc3ccccc3C2)cc1. The Bertz CT molecular complexity index is 804. The zero-order valence-electron chi connectivity index (χ0n) is 14.4. The van der Waals surface area contributed by atoms with Gasteiger partial charge < -0.3 is 0 Å². The Labute approximate surface area is 154 Å². The first-order valence-electron chi connectivity index (χ1n) is 8.51. The average molecular weight is 377 g/mol. The number of sulfonamides is 1. The fraction of sp³-hybridized carbons (Fsp3) is 0.368. The summed E-state index contributed by atoms with van der Waals surface area (Å²) >= 11 is 1.60. The van der Waals surface area contributed by atoms with Crippen molar-refractivity contribution in [1.29, 1.82) is 0 Å². The summed E-state index contributed by atoms with van der Waals surface area (Å²) in [6.07, 6.45) is 3.86. The van der Waals surface area contributed by atoms with Gasteiger partial charge in [-0.1, -0.05) is 24.3 Å². The summed E-state index contributed by atoms with van der Waals surface area (Å²) in [6.45, 7) is 3.37. The van der Waals surface area contributed by atoms with Crippen molar-refractivity contribution in [2.75, 3.05) is 25.9 Å². The summed E-state index contributed by atoms with van der Waals surface area (Å²) in [5, 5.41) is 0. The normalized spacial score (nSPS) is 15.1. The van der Waals surface area contributed by atoms with Gasteiger partial charge in [-0.3, -0.25) is 4.90 Å². The highest BCUT2D eigenvalue weighted by molar-refractivity contribution is 7.98. The van der Waals surface area contributed by atoms with E-state index in [4.69, 9.17) is 0 Å². The molecular formula is C19H24N2O2S2. The van der Waals surface area contributed by atoms with Crippen LogP contribution in [0.1, 0.15) is 17.5 Å². The van der Waals surface area contributed by atoms with Crippen LogP contribution in [0.15, 0.2) is 58.3 Å². The lowest BCUT2D eigenvalue weighted by Crippen LogP contribution is -2.33. The van der Waals surface area contributed by atoms with Crippen LogP contribution in [0.25, 0.3) is 0 Å². The number of hydrogen-bond donors (Lipinski definition) is 1. The van der Waals surface area contributed by atoms with Crippen LogP contribution in [0.5, 0.6) is 0 Å². The van der Waals surface area contributed by atoms with Gasteiger partial charge >= 0.3 is 0 Å². The van der Waals surface area contributed by atoms with Crippen LogP contribution in [0.4, 0.5) is 0 Å². The van der Waals surface area contributed by atoms with Crippen LogP contribution in [0.2, 0.25) is 0 Å². The zero-order chi connectivity index (χ0) is 17.7. The lowest BCUT2D eigenvalue weighted by Gasteiger charge is -2.28. The van der Waals surface area contributed by atoms with Crippen LogP contribution in [-0.2, 0) is 23.0 Å². The molecule has 0 saturated carbocycles. The van der Waals surface area contributed by atoms with Crippen LogP contribution in [0, 0.1) is 0 Å². The molecule has 2 aromatic rings. The Morgan fingerprint density at radius 3 is 2.52 bits per heavy atom. The molecule has 1 N–H and O–H groups in total. The van der Waals surface area contributed by atoms with Crippen molar-refractivity contribution in [3.05, 3.63) is 59.7 Å². The molecule has 0 atom stereocenters. The fourth-order valence-electron chi connectivity index (χ4n) is 3.09. The monoisotopic (exact) mass is 376 g/mol.